The average Bonchev–Trinajstić information content (AvgIpc) is 2.73. The van der Waals surface area contributed by atoms with Crippen molar-refractivity contribution in [2.75, 3.05) is 6.54 Å². The molecule has 1 fully saturated rings. The number of rotatable bonds is 7. The molecule has 10 heteroatoms. The molecule has 2 amide bonds. The fraction of sp³-hybridized carbons (Fsp3) is 0.524. The van der Waals surface area contributed by atoms with Crippen molar-refractivity contribution in [1.82, 2.24) is 10.6 Å². The second-order valence-electron chi connectivity index (χ2n) is 7.78. The van der Waals surface area contributed by atoms with Crippen LogP contribution in [0.2, 0.25) is 0 Å². The van der Waals surface area contributed by atoms with Crippen LogP contribution in [-0.4, -0.2) is 42.1 Å². The molecule has 0 saturated heterocycles. The van der Waals surface area contributed by atoms with Crippen LogP contribution in [0.5, 0.6) is 0 Å². The second kappa shape index (κ2) is 10.3. The molecule has 0 radical (unpaired) electrons. The molecule has 1 aromatic rings. The van der Waals surface area contributed by atoms with Gasteiger partial charge in [-0.3, -0.25) is 9.59 Å². The third-order valence-electron chi connectivity index (χ3n) is 5.30. The summed E-state index contributed by atoms with van der Waals surface area (Å²) in [5, 5.41) is 13.8. The molecule has 2 N–H and O–H groups in total. The van der Waals surface area contributed by atoms with Gasteiger partial charge in [0.2, 0.25) is 5.91 Å². The van der Waals surface area contributed by atoms with Crippen LogP contribution in [0, 0.1) is 17.2 Å². The summed E-state index contributed by atoms with van der Waals surface area (Å²) in [4.78, 5) is 36.1. The summed E-state index contributed by atoms with van der Waals surface area (Å²) in [5.41, 5.74) is -0.856. The number of nitriles is 1. The molecular formula is C21H24F3N3O4. The van der Waals surface area contributed by atoms with Crippen LogP contribution in [0.25, 0.3) is 0 Å². The van der Waals surface area contributed by atoms with Crippen molar-refractivity contribution < 1.29 is 32.3 Å². The van der Waals surface area contributed by atoms with Crippen molar-refractivity contribution in [2.24, 2.45) is 5.92 Å². The van der Waals surface area contributed by atoms with Gasteiger partial charge in [0.05, 0.1) is 6.07 Å². The Morgan fingerprint density at radius 2 is 1.84 bits per heavy atom. The number of hydrogen-bond acceptors (Lipinski definition) is 5. The smallest absolute Gasteiger partial charge is 0.453 e. The molecular weight excluding hydrogens is 415 g/mol. The van der Waals surface area contributed by atoms with Gasteiger partial charge in [-0.25, -0.2) is 4.79 Å². The highest BCUT2D eigenvalue weighted by Crippen LogP contribution is 2.38. The third kappa shape index (κ3) is 7.27. The number of carbonyl (C=O) groups excluding carboxylic acids is 3. The molecule has 1 atom stereocenters. The van der Waals surface area contributed by atoms with E-state index in [0.717, 1.165) is 0 Å². The van der Waals surface area contributed by atoms with E-state index in [1.54, 1.807) is 36.4 Å². The van der Waals surface area contributed by atoms with Crippen molar-refractivity contribution >= 4 is 17.8 Å². The Balaban J connectivity index is 2.00. The Bertz CT molecular complexity index is 829. The van der Waals surface area contributed by atoms with Gasteiger partial charge in [0.15, 0.2) is 0 Å². The molecule has 1 aromatic carbocycles. The number of esters is 1. The molecule has 31 heavy (non-hydrogen) atoms. The van der Waals surface area contributed by atoms with Crippen LogP contribution < -0.4 is 10.6 Å². The number of nitrogens with one attached hydrogen (secondary N) is 2. The van der Waals surface area contributed by atoms with E-state index >= 15 is 0 Å². The lowest BCUT2D eigenvalue weighted by atomic mass is 9.77. The molecule has 0 aromatic heterocycles. The largest absolute Gasteiger partial charge is 0.490 e. The van der Waals surface area contributed by atoms with E-state index < -0.39 is 35.6 Å². The average molecular weight is 439 g/mol. The third-order valence-corrected chi connectivity index (χ3v) is 5.30. The first-order chi connectivity index (χ1) is 14.5. The lowest BCUT2D eigenvalue weighted by molar-refractivity contribution is -0.215. The highest BCUT2D eigenvalue weighted by atomic mass is 19.4. The first-order valence-corrected chi connectivity index (χ1v) is 9.85. The van der Waals surface area contributed by atoms with Crippen LogP contribution in [0.3, 0.4) is 0 Å². The molecule has 1 saturated carbocycles. The van der Waals surface area contributed by atoms with Gasteiger partial charge in [-0.05, 0) is 57.1 Å². The zero-order valence-electron chi connectivity index (χ0n) is 17.0. The van der Waals surface area contributed by atoms with Crippen LogP contribution in [0.4, 0.5) is 13.2 Å². The molecule has 1 aliphatic rings. The van der Waals surface area contributed by atoms with E-state index in [9.17, 15) is 27.6 Å². The van der Waals surface area contributed by atoms with Gasteiger partial charge in [-0.2, -0.15) is 18.4 Å². The number of alkyl halides is 3. The Morgan fingerprint density at radius 3 is 2.39 bits per heavy atom. The van der Waals surface area contributed by atoms with E-state index in [2.05, 4.69) is 15.4 Å². The molecule has 2 rings (SSSR count). The van der Waals surface area contributed by atoms with E-state index in [0.29, 0.717) is 18.4 Å². The maximum atomic E-state index is 12.5. The first-order valence-electron chi connectivity index (χ1n) is 9.85. The standard InChI is InChI=1S/C21H24F3N3O4/c1-20(31-19(30)21(22,23)24)9-7-14(8-10-20)13-16(18(29)26-12-11-25)27-17(28)15-5-3-2-4-6-15/h2-6,14,16H,7-10,12-13H2,1H3,(H,26,29)(H,27,28). The van der Waals surface area contributed by atoms with Gasteiger partial charge in [0.1, 0.15) is 18.2 Å². The van der Waals surface area contributed by atoms with E-state index in [4.69, 9.17) is 5.26 Å². The normalized spacial score (nSPS) is 22.0. The molecule has 168 valence electrons. The van der Waals surface area contributed by atoms with Crippen LogP contribution in [0.1, 0.15) is 49.4 Å². The van der Waals surface area contributed by atoms with E-state index in [1.807, 2.05) is 0 Å². The Kier molecular flexibility index (Phi) is 8.02. The maximum Gasteiger partial charge on any atom is 0.490 e. The Morgan fingerprint density at radius 1 is 1.23 bits per heavy atom. The summed E-state index contributed by atoms with van der Waals surface area (Å²) < 4.78 is 42.1. The lowest BCUT2D eigenvalue weighted by Gasteiger charge is -2.37. The summed E-state index contributed by atoms with van der Waals surface area (Å²) in [6, 6.07) is 9.20. The predicted molar refractivity (Wildman–Crippen MR) is 103 cm³/mol. The highest BCUT2D eigenvalue weighted by molar-refractivity contribution is 5.97. The van der Waals surface area contributed by atoms with Crippen molar-refractivity contribution in [3.63, 3.8) is 0 Å². The van der Waals surface area contributed by atoms with Crippen molar-refractivity contribution in [1.29, 1.82) is 5.26 Å². The number of benzene rings is 1. The summed E-state index contributed by atoms with van der Waals surface area (Å²) in [6.07, 6.45) is -3.54. The van der Waals surface area contributed by atoms with E-state index in [1.165, 1.54) is 6.92 Å². The number of hydrogen-bond donors (Lipinski definition) is 2. The summed E-state index contributed by atoms with van der Waals surface area (Å²) in [6.45, 7) is 1.24. The van der Waals surface area contributed by atoms with Gasteiger partial charge in [0.25, 0.3) is 5.91 Å². The van der Waals surface area contributed by atoms with Gasteiger partial charge in [-0.1, -0.05) is 18.2 Å². The number of carbonyl (C=O) groups is 3. The van der Waals surface area contributed by atoms with Crippen LogP contribution >= 0.6 is 0 Å². The second-order valence-corrected chi connectivity index (χ2v) is 7.78. The van der Waals surface area contributed by atoms with Crippen molar-refractivity contribution in [2.45, 2.75) is 56.8 Å². The van der Waals surface area contributed by atoms with Gasteiger partial charge in [0, 0.05) is 5.56 Å². The number of ether oxygens (including phenoxy) is 1. The highest BCUT2D eigenvalue weighted by Gasteiger charge is 2.46. The Labute approximate surface area is 177 Å². The van der Waals surface area contributed by atoms with Gasteiger partial charge < -0.3 is 15.4 Å². The molecule has 1 aliphatic carbocycles. The quantitative estimate of drug-likeness (QED) is 0.502. The maximum absolute atomic E-state index is 12.5. The zero-order valence-corrected chi connectivity index (χ0v) is 17.0. The first kappa shape index (κ1) is 24.2. The summed E-state index contributed by atoms with van der Waals surface area (Å²) >= 11 is 0. The SMILES string of the molecule is CC1(OC(=O)C(F)(F)F)CCC(CC(NC(=O)c2ccccc2)C(=O)NCC#N)CC1. The van der Waals surface area contributed by atoms with Crippen molar-refractivity contribution in [3.05, 3.63) is 35.9 Å². The van der Waals surface area contributed by atoms with Crippen LogP contribution in [-0.2, 0) is 14.3 Å². The topological polar surface area (TPSA) is 108 Å². The monoisotopic (exact) mass is 439 g/mol. The fourth-order valence-electron chi connectivity index (χ4n) is 3.55. The zero-order chi connectivity index (χ0) is 23.1. The lowest BCUT2D eigenvalue weighted by Crippen LogP contribution is -2.48. The summed E-state index contributed by atoms with van der Waals surface area (Å²) in [7, 11) is 0. The number of nitrogens with zero attached hydrogens (tertiary/aromatic N) is 1. The minimum atomic E-state index is -5.05. The van der Waals surface area contributed by atoms with Crippen molar-refractivity contribution in [3.8, 4) is 6.07 Å². The fourth-order valence-corrected chi connectivity index (χ4v) is 3.55. The minimum Gasteiger partial charge on any atom is -0.453 e. The minimum absolute atomic E-state index is 0.0772. The summed E-state index contributed by atoms with van der Waals surface area (Å²) in [5.74, 6) is -3.25. The molecule has 1 unspecified atom stereocenters. The van der Waals surface area contributed by atoms with Crippen LogP contribution in [0.15, 0.2) is 30.3 Å². The molecule has 0 bridgehead atoms. The van der Waals surface area contributed by atoms with Gasteiger partial charge >= 0.3 is 12.1 Å². The van der Waals surface area contributed by atoms with Gasteiger partial charge in [-0.15, -0.1) is 0 Å². The Hall–Kier alpha value is -3.09. The molecule has 0 spiro atoms. The number of halogens is 3. The molecule has 7 nitrogen and oxygen atoms in total. The molecule has 0 aliphatic heterocycles. The molecule has 0 heterocycles. The number of amides is 2. The van der Waals surface area contributed by atoms with E-state index in [-0.39, 0.29) is 31.7 Å². The predicted octanol–water partition coefficient (Wildman–Crippen LogP) is 2.87.